The van der Waals surface area contributed by atoms with E-state index in [1.165, 1.54) is 24.3 Å². The molecule has 5 nitrogen and oxygen atoms in total. The van der Waals surface area contributed by atoms with Gasteiger partial charge in [-0.1, -0.05) is 6.07 Å². The molecule has 2 N–H and O–H groups in total. The molecule has 1 unspecified atom stereocenters. The highest BCUT2D eigenvalue weighted by atomic mass is 32.1. The number of aromatic nitrogens is 1. The third kappa shape index (κ3) is 6.90. The number of piperidine rings is 1. The molecule has 1 aliphatic heterocycles. The van der Waals surface area contributed by atoms with Crippen LogP contribution in [0.25, 0.3) is 0 Å². The molecule has 1 atom stereocenters. The van der Waals surface area contributed by atoms with Crippen molar-refractivity contribution in [1.29, 1.82) is 0 Å². The van der Waals surface area contributed by atoms with Crippen LogP contribution >= 0.6 is 22.7 Å². The molecular formula is C20H31N5S2. The Morgan fingerprint density at radius 2 is 2.30 bits per heavy atom. The second kappa shape index (κ2) is 10.8. The Labute approximate surface area is 170 Å². The minimum atomic E-state index is 0.648. The monoisotopic (exact) mass is 405 g/mol. The molecule has 0 aliphatic carbocycles. The zero-order valence-electron chi connectivity index (χ0n) is 16.4. The average Bonchev–Trinajstić information content (AvgIpc) is 3.32. The summed E-state index contributed by atoms with van der Waals surface area (Å²) in [5.74, 6) is 1.58. The summed E-state index contributed by atoms with van der Waals surface area (Å²) in [5.41, 5.74) is 1.16. The number of hydrogen-bond acceptors (Lipinski definition) is 5. The number of nitrogens with zero attached hydrogens (tertiary/aromatic N) is 3. The molecule has 0 amide bonds. The average molecular weight is 406 g/mol. The maximum atomic E-state index is 4.86. The fourth-order valence-electron chi connectivity index (χ4n) is 3.46. The van der Waals surface area contributed by atoms with Crippen molar-refractivity contribution in [2.75, 3.05) is 32.7 Å². The molecule has 148 valence electrons. The topological polar surface area (TPSA) is 52.6 Å². The lowest BCUT2D eigenvalue weighted by Crippen LogP contribution is -2.40. The van der Waals surface area contributed by atoms with E-state index in [-0.39, 0.29) is 0 Å². The number of aryl methyl sites for hydroxylation is 1. The van der Waals surface area contributed by atoms with Crippen molar-refractivity contribution in [2.45, 2.75) is 39.7 Å². The van der Waals surface area contributed by atoms with Gasteiger partial charge in [0.05, 0.1) is 10.7 Å². The first-order valence-electron chi connectivity index (χ1n) is 9.91. The van der Waals surface area contributed by atoms with E-state index in [0.717, 1.165) is 55.8 Å². The van der Waals surface area contributed by atoms with Crippen LogP contribution in [0.1, 0.15) is 35.3 Å². The highest BCUT2D eigenvalue weighted by Crippen LogP contribution is 2.20. The fraction of sp³-hybridized carbons (Fsp3) is 0.600. The summed E-state index contributed by atoms with van der Waals surface area (Å²) in [6, 6.07) is 4.39. The summed E-state index contributed by atoms with van der Waals surface area (Å²) in [7, 11) is 0. The quantitative estimate of drug-likeness (QED) is 0.521. The first-order chi connectivity index (χ1) is 13.2. The SMILES string of the molecule is CCNC(=NCC1CCCN(Cc2cccs2)C1)NCCc1csc(C)n1. The van der Waals surface area contributed by atoms with E-state index in [4.69, 9.17) is 4.99 Å². The van der Waals surface area contributed by atoms with Crippen molar-refractivity contribution < 1.29 is 0 Å². The summed E-state index contributed by atoms with van der Waals surface area (Å²) < 4.78 is 0. The number of hydrogen-bond donors (Lipinski definition) is 2. The zero-order chi connectivity index (χ0) is 18.9. The first-order valence-corrected chi connectivity index (χ1v) is 11.7. The van der Waals surface area contributed by atoms with E-state index in [2.05, 4.69) is 57.3 Å². The van der Waals surface area contributed by atoms with E-state index in [1.54, 1.807) is 11.3 Å². The summed E-state index contributed by atoms with van der Waals surface area (Å²) in [6.07, 6.45) is 3.49. The molecular weight excluding hydrogens is 374 g/mol. The molecule has 2 aromatic heterocycles. The molecule has 2 aromatic rings. The zero-order valence-corrected chi connectivity index (χ0v) is 18.0. The minimum Gasteiger partial charge on any atom is -0.357 e. The van der Waals surface area contributed by atoms with Crippen molar-refractivity contribution in [2.24, 2.45) is 10.9 Å². The van der Waals surface area contributed by atoms with Crippen molar-refractivity contribution in [3.8, 4) is 0 Å². The van der Waals surface area contributed by atoms with Crippen molar-refractivity contribution in [3.05, 3.63) is 38.5 Å². The summed E-state index contributed by atoms with van der Waals surface area (Å²) in [5, 5.41) is 12.3. The Morgan fingerprint density at radius 3 is 3.04 bits per heavy atom. The largest absolute Gasteiger partial charge is 0.357 e. The molecule has 1 saturated heterocycles. The number of rotatable bonds is 8. The number of thiazole rings is 1. The Hall–Kier alpha value is -1.44. The Morgan fingerprint density at radius 1 is 1.37 bits per heavy atom. The molecule has 1 fully saturated rings. The predicted octanol–water partition coefficient (Wildman–Crippen LogP) is 3.52. The molecule has 0 bridgehead atoms. The smallest absolute Gasteiger partial charge is 0.191 e. The van der Waals surface area contributed by atoms with Crippen LogP contribution in [0.5, 0.6) is 0 Å². The number of guanidine groups is 1. The molecule has 0 radical (unpaired) electrons. The predicted molar refractivity (Wildman–Crippen MR) is 117 cm³/mol. The Balaban J connectivity index is 1.45. The maximum Gasteiger partial charge on any atom is 0.191 e. The normalized spacial score (nSPS) is 18.6. The van der Waals surface area contributed by atoms with Gasteiger partial charge in [0.1, 0.15) is 0 Å². The second-order valence-corrected chi connectivity index (χ2v) is 9.17. The fourth-order valence-corrected chi connectivity index (χ4v) is 4.85. The summed E-state index contributed by atoms with van der Waals surface area (Å²) >= 11 is 3.57. The van der Waals surface area contributed by atoms with E-state index in [9.17, 15) is 0 Å². The lowest BCUT2D eigenvalue weighted by Gasteiger charge is -2.31. The maximum absolute atomic E-state index is 4.86. The number of aliphatic imine (C=N–C) groups is 1. The van der Waals surface area contributed by atoms with Crippen molar-refractivity contribution >= 4 is 28.6 Å². The van der Waals surface area contributed by atoms with Gasteiger partial charge in [-0.25, -0.2) is 4.98 Å². The van der Waals surface area contributed by atoms with Crippen LogP contribution in [0.2, 0.25) is 0 Å². The third-order valence-corrected chi connectivity index (χ3v) is 6.44. The first kappa shape index (κ1) is 20.3. The van der Waals surface area contributed by atoms with Gasteiger partial charge in [-0.3, -0.25) is 9.89 Å². The van der Waals surface area contributed by atoms with E-state index in [0.29, 0.717) is 5.92 Å². The number of nitrogens with one attached hydrogen (secondary N) is 2. The van der Waals surface area contributed by atoms with E-state index < -0.39 is 0 Å². The van der Waals surface area contributed by atoms with Crippen LogP contribution in [0, 0.1) is 12.8 Å². The van der Waals surface area contributed by atoms with Crippen molar-refractivity contribution in [1.82, 2.24) is 20.5 Å². The number of likely N-dealkylation sites (tertiary alicyclic amines) is 1. The van der Waals surface area contributed by atoms with Crippen LogP contribution in [0.4, 0.5) is 0 Å². The van der Waals surface area contributed by atoms with Crippen LogP contribution in [-0.4, -0.2) is 48.6 Å². The lowest BCUT2D eigenvalue weighted by molar-refractivity contribution is 0.172. The van der Waals surface area contributed by atoms with Gasteiger partial charge in [-0.2, -0.15) is 0 Å². The Bertz CT molecular complexity index is 695. The van der Waals surface area contributed by atoms with Gasteiger partial charge in [-0.15, -0.1) is 22.7 Å². The molecule has 7 heteroatoms. The molecule has 0 spiro atoms. The minimum absolute atomic E-state index is 0.648. The highest BCUT2D eigenvalue weighted by molar-refractivity contribution is 7.10. The second-order valence-electron chi connectivity index (χ2n) is 7.08. The third-order valence-electron chi connectivity index (χ3n) is 4.75. The van der Waals surface area contributed by atoms with Gasteiger partial charge < -0.3 is 10.6 Å². The molecule has 1 aliphatic rings. The van der Waals surface area contributed by atoms with Gasteiger partial charge in [0.15, 0.2) is 5.96 Å². The van der Waals surface area contributed by atoms with Gasteiger partial charge in [0.25, 0.3) is 0 Å². The van der Waals surface area contributed by atoms with Gasteiger partial charge in [0.2, 0.25) is 0 Å². The number of thiophene rings is 1. The summed E-state index contributed by atoms with van der Waals surface area (Å²) in [6.45, 7) is 10.3. The van der Waals surface area contributed by atoms with E-state index in [1.807, 2.05) is 11.3 Å². The summed E-state index contributed by atoms with van der Waals surface area (Å²) in [4.78, 5) is 13.4. The van der Waals surface area contributed by atoms with Crippen LogP contribution in [0.15, 0.2) is 27.9 Å². The highest BCUT2D eigenvalue weighted by Gasteiger charge is 2.20. The standard InChI is InChI=1S/C20H31N5S2/c1-3-21-20(22-9-8-18-15-27-16(2)24-18)23-12-17-6-4-10-25(13-17)14-19-7-5-11-26-19/h5,7,11,15,17H,3-4,6,8-10,12-14H2,1-2H3,(H2,21,22,23). The van der Waals surface area contributed by atoms with Crippen LogP contribution in [-0.2, 0) is 13.0 Å². The molecule has 3 heterocycles. The van der Waals surface area contributed by atoms with Crippen LogP contribution < -0.4 is 10.6 Å². The molecule has 0 aromatic carbocycles. The van der Waals surface area contributed by atoms with E-state index >= 15 is 0 Å². The molecule has 27 heavy (non-hydrogen) atoms. The molecule has 0 saturated carbocycles. The molecule has 3 rings (SSSR count). The van der Waals surface area contributed by atoms with Gasteiger partial charge >= 0.3 is 0 Å². The lowest BCUT2D eigenvalue weighted by atomic mass is 9.98. The van der Waals surface area contributed by atoms with Gasteiger partial charge in [-0.05, 0) is 50.6 Å². The van der Waals surface area contributed by atoms with Crippen LogP contribution in [0.3, 0.4) is 0 Å². The van der Waals surface area contributed by atoms with Gasteiger partial charge in [0, 0.05) is 49.4 Å². The Kier molecular flexibility index (Phi) is 8.10. The van der Waals surface area contributed by atoms with Crippen molar-refractivity contribution in [3.63, 3.8) is 0 Å².